The van der Waals surface area contributed by atoms with Crippen molar-refractivity contribution in [1.82, 2.24) is 15.1 Å². The van der Waals surface area contributed by atoms with Gasteiger partial charge in [-0.2, -0.15) is 5.10 Å². The van der Waals surface area contributed by atoms with E-state index in [2.05, 4.69) is 27.9 Å². The summed E-state index contributed by atoms with van der Waals surface area (Å²) < 4.78 is 6.72. The number of carbonyl (C=O) groups is 2. The predicted molar refractivity (Wildman–Crippen MR) is 92.0 cm³/mol. The third-order valence-electron chi connectivity index (χ3n) is 3.54. The van der Waals surface area contributed by atoms with Gasteiger partial charge >= 0.3 is 0 Å². The first-order chi connectivity index (χ1) is 12.2. The quantitative estimate of drug-likeness (QED) is 0.690. The summed E-state index contributed by atoms with van der Waals surface area (Å²) in [6.07, 6.45) is 5.60. The van der Waals surface area contributed by atoms with Crippen molar-refractivity contribution in [2.45, 2.75) is 13.0 Å². The fourth-order valence-electron chi connectivity index (χ4n) is 2.30. The van der Waals surface area contributed by atoms with E-state index in [9.17, 15) is 9.59 Å². The maximum Gasteiger partial charge on any atom is 0.287 e. The van der Waals surface area contributed by atoms with Gasteiger partial charge in [0, 0.05) is 12.7 Å². The van der Waals surface area contributed by atoms with Crippen LogP contribution in [0.1, 0.15) is 16.1 Å². The Labute approximate surface area is 144 Å². The van der Waals surface area contributed by atoms with Gasteiger partial charge in [-0.05, 0) is 24.1 Å². The molecule has 0 radical (unpaired) electrons. The van der Waals surface area contributed by atoms with Gasteiger partial charge in [-0.15, -0.1) is 0 Å². The van der Waals surface area contributed by atoms with Crippen molar-refractivity contribution in [2.75, 3.05) is 11.9 Å². The number of benzene rings is 1. The van der Waals surface area contributed by atoms with E-state index in [0.29, 0.717) is 5.69 Å². The van der Waals surface area contributed by atoms with Gasteiger partial charge in [-0.1, -0.05) is 30.3 Å². The highest BCUT2D eigenvalue weighted by Gasteiger charge is 2.10. The van der Waals surface area contributed by atoms with Crippen LogP contribution in [-0.4, -0.2) is 28.1 Å². The lowest BCUT2D eigenvalue weighted by Gasteiger charge is -2.04. The first-order valence-corrected chi connectivity index (χ1v) is 7.88. The highest BCUT2D eigenvalue weighted by Crippen LogP contribution is 2.07. The summed E-state index contributed by atoms with van der Waals surface area (Å²) in [6.45, 7) is 0.573. The maximum absolute atomic E-state index is 11.9. The Kier molecular flexibility index (Phi) is 5.26. The van der Waals surface area contributed by atoms with Gasteiger partial charge in [0.05, 0.1) is 24.7 Å². The smallest absolute Gasteiger partial charge is 0.287 e. The third kappa shape index (κ3) is 4.81. The molecule has 0 spiro atoms. The summed E-state index contributed by atoms with van der Waals surface area (Å²) in [5.74, 6) is -0.595. The molecule has 0 aliphatic rings. The van der Waals surface area contributed by atoms with Crippen LogP contribution in [-0.2, 0) is 17.8 Å². The molecule has 0 aliphatic carbocycles. The van der Waals surface area contributed by atoms with Crippen LogP contribution in [0.3, 0.4) is 0 Å². The van der Waals surface area contributed by atoms with Gasteiger partial charge < -0.3 is 15.1 Å². The van der Waals surface area contributed by atoms with Crippen molar-refractivity contribution in [2.24, 2.45) is 0 Å². The zero-order valence-corrected chi connectivity index (χ0v) is 13.5. The fraction of sp³-hybridized carbons (Fsp3) is 0.167. The second-order valence-corrected chi connectivity index (χ2v) is 5.44. The third-order valence-corrected chi connectivity index (χ3v) is 3.54. The van der Waals surface area contributed by atoms with Gasteiger partial charge in [0.15, 0.2) is 5.76 Å². The first-order valence-electron chi connectivity index (χ1n) is 7.88. The number of aromatic nitrogens is 2. The summed E-state index contributed by atoms with van der Waals surface area (Å²) in [6, 6.07) is 13.3. The van der Waals surface area contributed by atoms with Crippen molar-refractivity contribution in [1.29, 1.82) is 0 Å². The van der Waals surface area contributed by atoms with Crippen molar-refractivity contribution < 1.29 is 14.0 Å². The molecule has 0 atom stereocenters. The number of hydrogen-bond acceptors (Lipinski definition) is 4. The Bertz CT molecular complexity index is 825. The van der Waals surface area contributed by atoms with Crippen LogP contribution in [0.2, 0.25) is 0 Å². The van der Waals surface area contributed by atoms with Crippen molar-refractivity contribution >= 4 is 17.5 Å². The summed E-state index contributed by atoms with van der Waals surface area (Å²) in [4.78, 5) is 23.6. The van der Waals surface area contributed by atoms with E-state index in [0.717, 1.165) is 13.0 Å². The lowest BCUT2D eigenvalue weighted by Crippen LogP contribution is -2.32. The van der Waals surface area contributed by atoms with Gasteiger partial charge in [0.1, 0.15) is 0 Å². The van der Waals surface area contributed by atoms with Gasteiger partial charge in [-0.3, -0.25) is 14.3 Å². The number of anilines is 1. The van der Waals surface area contributed by atoms with Crippen LogP contribution in [0.15, 0.2) is 65.5 Å². The molecule has 0 unspecified atom stereocenters. The molecule has 2 amide bonds. The van der Waals surface area contributed by atoms with Crippen LogP contribution < -0.4 is 10.6 Å². The summed E-state index contributed by atoms with van der Waals surface area (Å²) in [5, 5.41) is 9.40. The number of amides is 2. The standard InChI is InChI=1S/C18H18N4O3/c23-17(12-19-18(24)16-7-4-10-25-16)21-15-11-20-22(13-15)9-8-14-5-2-1-3-6-14/h1-7,10-11,13H,8-9,12H2,(H,19,24)(H,21,23). The number of furan rings is 1. The number of hydrogen-bond donors (Lipinski definition) is 2. The second kappa shape index (κ2) is 7.96. The number of nitrogens with one attached hydrogen (secondary N) is 2. The minimum Gasteiger partial charge on any atom is -0.459 e. The SMILES string of the molecule is O=C(CNC(=O)c1ccco1)Nc1cnn(CCc2ccccc2)c1. The van der Waals surface area contributed by atoms with Gasteiger partial charge in [-0.25, -0.2) is 0 Å². The monoisotopic (exact) mass is 338 g/mol. The van der Waals surface area contributed by atoms with Crippen LogP contribution in [0.25, 0.3) is 0 Å². The summed E-state index contributed by atoms with van der Waals surface area (Å²) in [7, 11) is 0. The van der Waals surface area contributed by atoms with Crippen molar-refractivity contribution in [3.05, 3.63) is 72.4 Å². The molecule has 128 valence electrons. The number of aryl methyl sites for hydroxylation is 2. The highest BCUT2D eigenvalue weighted by molar-refractivity contribution is 5.97. The topological polar surface area (TPSA) is 89.2 Å². The molecule has 3 aromatic rings. The molecule has 1 aromatic carbocycles. The Hall–Kier alpha value is -3.35. The van der Waals surface area contributed by atoms with Crippen molar-refractivity contribution in [3.63, 3.8) is 0 Å². The van der Waals surface area contributed by atoms with E-state index >= 15 is 0 Å². The van der Waals surface area contributed by atoms with E-state index < -0.39 is 5.91 Å². The zero-order valence-electron chi connectivity index (χ0n) is 13.5. The molecule has 0 saturated carbocycles. The number of nitrogens with zero attached hydrogens (tertiary/aromatic N) is 2. The number of rotatable bonds is 7. The minimum absolute atomic E-state index is 0.144. The Balaban J connectivity index is 1.44. The fourth-order valence-corrected chi connectivity index (χ4v) is 2.30. The molecule has 0 fully saturated rings. The normalized spacial score (nSPS) is 10.4. The van der Waals surface area contributed by atoms with Crippen LogP contribution in [0.4, 0.5) is 5.69 Å². The maximum atomic E-state index is 11.9. The first kappa shape index (κ1) is 16.5. The molecular weight excluding hydrogens is 320 g/mol. The zero-order chi connectivity index (χ0) is 17.5. The molecular formula is C18H18N4O3. The molecule has 7 heteroatoms. The molecule has 2 N–H and O–H groups in total. The molecule has 0 aliphatic heterocycles. The van der Waals surface area contributed by atoms with E-state index in [4.69, 9.17) is 4.42 Å². The lowest BCUT2D eigenvalue weighted by atomic mass is 10.1. The summed E-state index contributed by atoms with van der Waals surface area (Å²) in [5.41, 5.74) is 1.81. The lowest BCUT2D eigenvalue weighted by molar-refractivity contribution is -0.115. The molecule has 7 nitrogen and oxygen atoms in total. The second-order valence-electron chi connectivity index (χ2n) is 5.44. The van der Waals surface area contributed by atoms with E-state index in [-0.39, 0.29) is 18.2 Å². The average molecular weight is 338 g/mol. The van der Waals surface area contributed by atoms with E-state index in [1.165, 1.54) is 17.9 Å². The molecule has 3 rings (SSSR count). The summed E-state index contributed by atoms with van der Waals surface area (Å²) >= 11 is 0. The predicted octanol–water partition coefficient (Wildman–Crippen LogP) is 2.09. The van der Waals surface area contributed by atoms with E-state index in [1.54, 1.807) is 23.1 Å². The molecule has 2 heterocycles. The van der Waals surface area contributed by atoms with E-state index in [1.807, 2.05) is 18.2 Å². The van der Waals surface area contributed by atoms with Crippen LogP contribution in [0.5, 0.6) is 0 Å². The largest absolute Gasteiger partial charge is 0.459 e. The van der Waals surface area contributed by atoms with Gasteiger partial charge in [0.2, 0.25) is 5.91 Å². The Morgan fingerprint density at radius 1 is 1.12 bits per heavy atom. The van der Waals surface area contributed by atoms with Crippen LogP contribution in [0, 0.1) is 0 Å². The minimum atomic E-state index is -0.432. The van der Waals surface area contributed by atoms with Gasteiger partial charge in [0.25, 0.3) is 5.91 Å². The average Bonchev–Trinajstić information content (AvgIpc) is 3.31. The molecule has 25 heavy (non-hydrogen) atoms. The molecule has 0 saturated heterocycles. The van der Waals surface area contributed by atoms with Crippen LogP contribution >= 0.6 is 0 Å². The Morgan fingerprint density at radius 2 is 1.96 bits per heavy atom. The van der Waals surface area contributed by atoms with Crippen molar-refractivity contribution in [3.8, 4) is 0 Å². The highest BCUT2D eigenvalue weighted by atomic mass is 16.3. The molecule has 0 bridgehead atoms. The number of carbonyl (C=O) groups excluding carboxylic acids is 2. The molecule has 2 aromatic heterocycles. The Morgan fingerprint density at radius 3 is 2.72 bits per heavy atom.